The van der Waals surface area contributed by atoms with Gasteiger partial charge < -0.3 is 19.0 Å². The Morgan fingerprint density at radius 2 is 1.89 bits per heavy atom. The standard InChI is InChI=1S/C20H18ClN3O4/c1-13-9-15(21)10-14-11-17(28-18(13)14)19(25)23-5-7-24(8-6-23)20(26)27-16-3-2-4-22-12-16/h2-4,9-12H,5-8H2,1H3. The summed E-state index contributed by atoms with van der Waals surface area (Å²) in [5.74, 6) is 0.459. The van der Waals surface area contributed by atoms with Gasteiger partial charge in [-0.2, -0.15) is 0 Å². The smallest absolute Gasteiger partial charge is 0.415 e. The summed E-state index contributed by atoms with van der Waals surface area (Å²) in [4.78, 5) is 32.2. The Kier molecular flexibility index (Phi) is 4.92. The van der Waals surface area contributed by atoms with Gasteiger partial charge in [0, 0.05) is 42.8 Å². The average Bonchev–Trinajstić information content (AvgIpc) is 3.13. The van der Waals surface area contributed by atoms with E-state index in [2.05, 4.69) is 4.98 Å². The van der Waals surface area contributed by atoms with Crippen molar-refractivity contribution in [1.29, 1.82) is 0 Å². The number of aromatic nitrogens is 1. The van der Waals surface area contributed by atoms with E-state index in [1.807, 2.05) is 6.92 Å². The van der Waals surface area contributed by atoms with Crippen molar-refractivity contribution in [3.05, 3.63) is 59.1 Å². The third-order valence-electron chi connectivity index (χ3n) is 4.64. The van der Waals surface area contributed by atoms with E-state index >= 15 is 0 Å². The van der Waals surface area contributed by atoms with Gasteiger partial charge in [-0.25, -0.2) is 4.79 Å². The number of fused-ring (bicyclic) bond motifs is 1. The lowest BCUT2D eigenvalue weighted by molar-refractivity contribution is 0.0606. The van der Waals surface area contributed by atoms with Gasteiger partial charge >= 0.3 is 6.09 Å². The normalized spacial score (nSPS) is 14.4. The van der Waals surface area contributed by atoms with Crippen molar-refractivity contribution in [2.24, 2.45) is 0 Å². The number of nitrogens with zero attached hydrogens (tertiary/aromatic N) is 3. The van der Waals surface area contributed by atoms with Gasteiger partial charge in [0.2, 0.25) is 0 Å². The van der Waals surface area contributed by atoms with Gasteiger partial charge in [0.25, 0.3) is 5.91 Å². The molecule has 0 unspecified atom stereocenters. The number of ether oxygens (including phenoxy) is 1. The summed E-state index contributed by atoms with van der Waals surface area (Å²) in [6.45, 7) is 3.46. The minimum atomic E-state index is -0.450. The van der Waals surface area contributed by atoms with Gasteiger partial charge in [-0.1, -0.05) is 11.6 Å². The number of carbonyl (C=O) groups excluding carboxylic acids is 2. The van der Waals surface area contributed by atoms with E-state index in [1.165, 1.54) is 6.20 Å². The molecule has 0 N–H and O–H groups in total. The molecule has 0 saturated carbocycles. The van der Waals surface area contributed by atoms with E-state index in [-0.39, 0.29) is 11.7 Å². The molecule has 4 rings (SSSR count). The van der Waals surface area contributed by atoms with E-state index in [0.29, 0.717) is 42.5 Å². The maximum absolute atomic E-state index is 12.8. The van der Waals surface area contributed by atoms with Crippen LogP contribution in [0.4, 0.5) is 4.79 Å². The van der Waals surface area contributed by atoms with Crippen molar-refractivity contribution in [2.75, 3.05) is 26.2 Å². The summed E-state index contributed by atoms with van der Waals surface area (Å²) < 4.78 is 11.0. The number of amides is 2. The Morgan fingerprint density at radius 1 is 1.14 bits per heavy atom. The number of aryl methyl sites for hydroxylation is 1. The minimum absolute atomic E-state index is 0.202. The van der Waals surface area contributed by atoms with Crippen molar-refractivity contribution in [3.63, 3.8) is 0 Å². The molecule has 1 aliphatic heterocycles. The fraction of sp³-hybridized carbons (Fsp3) is 0.250. The van der Waals surface area contributed by atoms with Crippen LogP contribution in [0.15, 0.2) is 47.1 Å². The fourth-order valence-corrected chi connectivity index (χ4v) is 3.49. The van der Waals surface area contributed by atoms with Crippen LogP contribution in [0.1, 0.15) is 16.1 Å². The third kappa shape index (κ3) is 3.66. The first-order valence-corrected chi connectivity index (χ1v) is 9.25. The predicted octanol–water partition coefficient (Wildman–Crippen LogP) is 3.75. The lowest BCUT2D eigenvalue weighted by atomic mass is 10.2. The lowest BCUT2D eigenvalue weighted by Crippen LogP contribution is -2.51. The van der Waals surface area contributed by atoms with Crippen LogP contribution in [-0.2, 0) is 0 Å². The summed E-state index contributed by atoms with van der Waals surface area (Å²) in [5, 5.41) is 1.40. The Labute approximate surface area is 166 Å². The van der Waals surface area contributed by atoms with Crippen molar-refractivity contribution >= 4 is 34.6 Å². The molecule has 3 heterocycles. The quantitative estimate of drug-likeness (QED) is 0.656. The first kappa shape index (κ1) is 18.3. The van der Waals surface area contributed by atoms with E-state index in [4.69, 9.17) is 20.8 Å². The molecular formula is C20H18ClN3O4. The molecule has 2 aromatic heterocycles. The Morgan fingerprint density at radius 3 is 2.61 bits per heavy atom. The number of halogens is 1. The first-order valence-electron chi connectivity index (χ1n) is 8.87. The number of hydrogen-bond donors (Lipinski definition) is 0. The molecule has 2 amide bonds. The van der Waals surface area contributed by atoms with Crippen LogP contribution >= 0.6 is 11.6 Å². The molecule has 1 aliphatic rings. The van der Waals surface area contributed by atoms with Crippen molar-refractivity contribution in [1.82, 2.24) is 14.8 Å². The van der Waals surface area contributed by atoms with Crippen LogP contribution in [-0.4, -0.2) is 53.0 Å². The summed E-state index contributed by atoms with van der Waals surface area (Å²) in [7, 11) is 0. The molecule has 1 fully saturated rings. The van der Waals surface area contributed by atoms with Crippen LogP contribution in [0.25, 0.3) is 11.0 Å². The molecule has 0 spiro atoms. The summed E-state index contributed by atoms with van der Waals surface area (Å²) in [6.07, 6.45) is 2.64. The highest BCUT2D eigenvalue weighted by atomic mass is 35.5. The molecule has 0 aliphatic carbocycles. The van der Waals surface area contributed by atoms with E-state index in [1.54, 1.807) is 46.3 Å². The van der Waals surface area contributed by atoms with Gasteiger partial charge in [-0.05, 0) is 42.8 Å². The highest BCUT2D eigenvalue weighted by molar-refractivity contribution is 6.31. The number of piperazine rings is 1. The molecule has 144 valence electrons. The average molecular weight is 400 g/mol. The Hall–Kier alpha value is -3.06. The Balaban J connectivity index is 1.40. The first-order chi connectivity index (χ1) is 13.5. The molecule has 1 saturated heterocycles. The molecule has 7 nitrogen and oxygen atoms in total. The van der Waals surface area contributed by atoms with Crippen LogP contribution in [0.3, 0.4) is 0 Å². The topological polar surface area (TPSA) is 75.9 Å². The number of carbonyl (C=O) groups is 2. The number of rotatable bonds is 2. The van der Waals surface area contributed by atoms with Gasteiger partial charge in [0.1, 0.15) is 5.58 Å². The van der Waals surface area contributed by atoms with Crippen LogP contribution in [0.2, 0.25) is 5.02 Å². The van der Waals surface area contributed by atoms with Crippen molar-refractivity contribution in [3.8, 4) is 5.75 Å². The highest BCUT2D eigenvalue weighted by Gasteiger charge is 2.27. The fourth-order valence-electron chi connectivity index (χ4n) is 3.21. The molecule has 0 atom stereocenters. The van der Waals surface area contributed by atoms with Gasteiger partial charge in [0.15, 0.2) is 11.5 Å². The lowest BCUT2D eigenvalue weighted by Gasteiger charge is -2.33. The van der Waals surface area contributed by atoms with Crippen LogP contribution < -0.4 is 4.74 Å². The minimum Gasteiger partial charge on any atom is -0.451 e. The molecule has 3 aromatic rings. The van der Waals surface area contributed by atoms with Gasteiger partial charge in [-0.15, -0.1) is 0 Å². The molecule has 0 bridgehead atoms. The zero-order valence-corrected chi connectivity index (χ0v) is 16.0. The maximum Gasteiger partial charge on any atom is 0.415 e. The van der Waals surface area contributed by atoms with E-state index < -0.39 is 6.09 Å². The number of benzene rings is 1. The van der Waals surface area contributed by atoms with Crippen LogP contribution in [0.5, 0.6) is 5.75 Å². The number of pyridine rings is 1. The zero-order chi connectivity index (χ0) is 19.7. The van der Waals surface area contributed by atoms with Crippen molar-refractivity contribution < 1.29 is 18.7 Å². The molecular weight excluding hydrogens is 382 g/mol. The third-order valence-corrected chi connectivity index (χ3v) is 4.86. The van der Waals surface area contributed by atoms with Gasteiger partial charge in [0.05, 0.1) is 6.20 Å². The molecule has 1 aromatic carbocycles. The van der Waals surface area contributed by atoms with E-state index in [0.717, 1.165) is 10.9 Å². The molecule has 0 radical (unpaired) electrons. The maximum atomic E-state index is 12.8. The Bertz CT molecular complexity index is 1030. The largest absolute Gasteiger partial charge is 0.451 e. The van der Waals surface area contributed by atoms with Crippen LogP contribution in [0, 0.1) is 6.92 Å². The second-order valence-electron chi connectivity index (χ2n) is 6.59. The highest BCUT2D eigenvalue weighted by Crippen LogP contribution is 2.27. The zero-order valence-electron chi connectivity index (χ0n) is 15.2. The molecule has 8 heteroatoms. The second-order valence-corrected chi connectivity index (χ2v) is 7.02. The molecule has 28 heavy (non-hydrogen) atoms. The SMILES string of the molecule is Cc1cc(Cl)cc2cc(C(=O)N3CCN(C(=O)Oc4cccnc4)CC3)oc12. The monoisotopic (exact) mass is 399 g/mol. The van der Waals surface area contributed by atoms with Gasteiger partial charge in [-0.3, -0.25) is 9.78 Å². The number of hydrogen-bond acceptors (Lipinski definition) is 5. The second kappa shape index (κ2) is 7.52. The van der Waals surface area contributed by atoms with Crippen molar-refractivity contribution in [2.45, 2.75) is 6.92 Å². The van der Waals surface area contributed by atoms with E-state index in [9.17, 15) is 9.59 Å². The summed E-state index contributed by atoms with van der Waals surface area (Å²) in [5.41, 5.74) is 1.54. The summed E-state index contributed by atoms with van der Waals surface area (Å²) >= 11 is 6.07. The predicted molar refractivity (Wildman–Crippen MR) is 104 cm³/mol. The number of furan rings is 1. The summed E-state index contributed by atoms with van der Waals surface area (Å²) in [6, 6.07) is 8.65.